The normalized spacial score (nSPS) is 19.6. The summed E-state index contributed by atoms with van der Waals surface area (Å²) in [5, 5.41) is 1.39. The van der Waals surface area contributed by atoms with Crippen LogP contribution in [-0.2, 0) is 15.6 Å². The third-order valence-corrected chi connectivity index (χ3v) is 43.8. The molecule has 0 spiro atoms. The number of rotatable bonds is 8. The molecule has 0 fully saturated rings. The van der Waals surface area contributed by atoms with Crippen LogP contribution in [0.5, 0.6) is 0 Å². The maximum absolute atomic E-state index is 8.67. The molecule has 0 bridgehead atoms. The van der Waals surface area contributed by atoms with Gasteiger partial charge in [-0.05, 0) is 0 Å². The Morgan fingerprint density at radius 1 is 0.595 bits per heavy atom. The van der Waals surface area contributed by atoms with E-state index in [2.05, 4.69) is 136 Å². The van der Waals surface area contributed by atoms with Gasteiger partial charge in [-0.25, -0.2) is 0 Å². The van der Waals surface area contributed by atoms with Gasteiger partial charge in [0.25, 0.3) is 0 Å². The number of halogens is 2. The Balaban J connectivity index is 1.84. The number of allylic oxidation sites excluding steroid dienone is 2. The molecule has 42 heavy (non-hydrogen) atoms. The third kappa shape index (κ3) is 5.46. The first-order valence-corrected chi connectivity index (χ1v) is 31.8. The van der Waals surface area contributed by atoms with Crippen LogP contribution in [0.2, 0.25) is 0 Å². The summed E-state index contributed by atoms with van der Waals surface area (Å²) in [4.78, 5) is 0. The quantitative estimate of drug-likeness (QED) is 0.206. The van der Waals surface area contributed by atoms with Crippen molar-refractivity contribution in [3.05, 3.63) is 110 Å². The van der Waals surface area contributed by atoms with E-state index in [1.54, 1.807) is 0 Å². The average molecular weight is 696 g/mol. The zero-order valence-electron chi connectivity index (χ0n) is 27.3. The molecule has 0 nitrogen and oxygen atoms in total. The van der Waals surface area contributed by atoms with Crippen molar-refractivity contribution in [2.75, 3.05) is 0 Å². The van der Waals surface area contributed by atoms with E-state index in [1.165, 1.54) is 60.8 Å². The van der Waals surface area contributed by atoms with E-state index >= 15 is 0 Å². The van der Waals surface area contributed by atoms with E-state index in [0.29, 0.717) is 23.7 Å². The molecule has 0 amide bonds. The van der Waals surface area contributed by atoms with Crippen molar-refractivity contribution in [2.24, 2.45) is 0 Å². The molecular weight excluding hydrogens is 647 g/mol. The summed E-state index contributed by atoms with van der Waals surface area (Å²) in [6.07, 6.45) is 4.91. The van der Waals surface area contributed by atoms with E-state index in [-0.39, 0.29) is 7.25 Å². The molecule has 0 N–H and O–H groups in total. The van der Waals surface area contributed by atoms with Gasteiger partial charge in [0.05, 0.1) is 0 Å². The molecule has 4 heteroatoms. The standard InChI is InChI=1S/2C16H21.C6H7Si.2ClH.Zr/c2*1-10(2)13-8-14-6-12(5)7-16(14)15(9-13)11(3)4;7-6-4-2-1-3-5-6;;;/h2*6-11H,1-5H3;1-5H,7H2;2*1H;/q;;;;;+2/p-2. The van der Waals surface area contributed by atoms with Crippen LogP contribution in [0, 0.1) is 0 Å². The second kappa shape index (κ2) is 11.6. The van der Waals surface area contributed by atoms with Crippen molar-refractivity contribution in [3.8, 4) is 0 Å². The Bertz CT molecular complexity index is 1480. The first-order chi connectivity index (χ1) is 19.6. The molecule has 0 saturated heterocycles. The zero-order valence-corrected chi connectivity index (χ0v) is 32.7. The predicted octanol–water partition coefficient (Wildman–Crippen LogP) is 11.2. The van der Waals surface area contributed by atoms with Gasteiger partial charge in [0.1, 0.15) is 0 Å². The molecule has 5 rings (SSSR count). The molecule has 0 aliphatic heterocycles. The van der Waals surface area contributed by atoms with Crippen molar-refractivity contribution in [3.63, 3.8) is 0 Å². The van der Waals surface area contributed by atoms with Gasteiger partial charge in [-0.2, -0.15) is 0 Å². The van der Waals surface area contributed by atoms with Crippen LogP contribution in [0.25, 0.3) is 12.2 Å². The Hall–Kier alpha value is -1.18. The topological polar surface area (TPSA) is 0 Å². The van der Waals surface area contributed by atoms with Crippen LogP contribution in [0.1, 0.15) is 145 Å². The minimum absolute atomic E-state index is 0.109. The molecule has 2 atom stereocenters. The van der Waals surface area contributed by atoms with E-state index in [4.69, 9.17) is 17.0 Å². The Morgan fingerprint density at radius 2 is 1.00 bits per heavy atom. The monoisotopic (exact) mass is 693 g/mol. The molecule has 2 aliphatic rings. The van der Waals surface area contributed by atoms with Gasteiger partial charge >= 0.3 is 267 Å². The summed E-state index contributed by atoms with van der Waals surface area (Å²) in [6.45, 7) is 22.1. The zero-order chi connectivity index (χ0) is 30.7. The summed E-state index contributed by atoms with van der Waals surface area (Å²) in [5.41, 5.74) is 14.0. The third-order valence-electron chi connectivity index (χ3n) is 9.95. The predicted molar refractivity (Wildman–Crippen MR) is 188 cm³/mol. The van der Waals surface area contributed by atoms with Gasteiger partial charge < -0.3 is 0 Å². The molecule has 2 unspecified atom stereocenters. The van der Waals surface area contributed by atoms with Crippen molar-refractivity contribution >= 4 is 41.0 Å². The number of fused-ring (bicyclic) bond motifs is 2. The molecule has 3 aromatic rings. The molecule has 2 aliphatic carbocycles. The van der Waals surface area contributed by atoms with Crippen molar-refractivity contribution in [1.82, 2.24) is 0 Å². The van der Waals surface area contributed by atoms with Gasteiger partial charge in [0.2, 0.25) is 0 Å². The number of hydrogen-bond acceptors (Lipinski definition) is 0. The first-order valence-electron chi connectivity index (χ1n) is 16.0. The second-order valence-corrected chi connectivity index (χ2v) is 53.8. The fourth-order valence-electron chi connectivity index (χ4n) is 7.91. The van der Waals surface area contributed by atoms with E-state index in [0.717, 1.165) is 0 Å². The summed E-state index contributed by atoms with van der Waals surface area (Å²) in [6, 6.07) is 20.9. The van der Waals surface area contributed by atoms with Gasteiger partial charge in [-0.3, -0.25) is 0 Å². The number of benzene rings is 3. The fraction of sp³-hybridized carbons (Fsp3) is 0.421. The Morgan fingerprint density at radius 3 is 1.36 bits per heavy atom. The van der Waals surface area contributed by atoms with E-state index < -0.39 is 22.2 Å². The van der Waals surface area contributed by atoms with Crippen LogP contribution in [0.15, 0.2) is 65.7 Å². The van der Waals surface area contributed by atoms with Crippen LogP contribution >= 0.6 is 17.0 Å². The SMILES string of the molecule is CC1=Cc2c(C(C)C)cc(C(C)C)cc2[CH]1[Zr]([Cl])([Cl])([SiH2]c1ccccc1)[CH]1C(C)=Cc2c(C(C)C)cc(C(C)C)cc21. The Kier molecular flexibility index (Phi) is 8.92. The number of hydrogen-bond donors (Lipinski definition) is 0. The van der Waals surface area contributed by atoms with Crippen LogP contribution in [0.4, 0.5) is 0 Å². The molecule has 223 valence electrons. The summed E-state index contributed by atoms with van der Waals surface area (Å²) >= 11 is -4.84. The van der Waals surface area contributed by atoms with Crippen molar-refractivity contribution in [2.45, 2.75) is 100 Å². The van der Waals surface area contributed by atoms with Gasteiger partial charge in [0, 0.05) is 0 Å². The van der Waals surface area contributed by atoms with Crippen LogP contribution in [0.3, 0.4) is 0 Å². The second-order valence-electron chi connectivity index (χ2n) is 14.5. The summed E-state index contributed by atoms with van der Waals surface area (Å²) < 4.78 is 0.217. The molecule has 3 aromatic carbocycles. The van der Waals surface area contributed by atoms with E-state index in [1.807, 2.05) is 0 Å². The van der Waals surface area contributed by atoms with Crippen molar-refractivity contribution < 1.29 is 15.6 Å². The molecular formula is C38H49Cl2SiZr. The van der Waals surface area contributed by atoms with Gasteiger partial charge in [-0.15, -0.1) is 0 Å². The van der Waals surface area contributed by atoms with Gasteiger partial charge in [-0.1, -0.05) is 0 Å². The first kappa shape index (κ1) is 32.2. The average Bonchev–Trinajstić information content (AvgIpc) is 3.43. The summed E-state index contributed by atoms with van der Waals surface area (Å²) in [7, 11) is 17.3. The molecule has 0 radical (unpaired) electrons. The molecule has 0 saturated carbocycles. The summed E-state index contributed by atoms with van der Waals surface area (Å²) in [5.74, 6) is 1.77. The van der Waals surface area contributed by atoms with Crippen LogP contribution < -0.4 is 5.19 Å². The van der Waals surface area contributed by atoms with Crippen LogP contribution in [-0.4, -0.2) is 6.65 Å². The minimum atomic E-state index is -4.84. The van der Waals surface area contributed by atoms with E-state index in [9.17, 15) is 0 Å². The Labute approximate surface area is 265 Å². The van der Waals surface area contributed by atoms with Gasteiger partial charge in [0.15, 0.2) is 0 Å². The van der Waals surface area contributed by atoms with Crippen molar-refractivity contribution in [1.29, 1.82) is 0 Å². The molecule has 0 aromatic heterocycles. The molecule has 0 heterocycles. The fourth-order valence-corrected chi connectivity index (χ4v) is 48.9. The maximum atomic E-state index is 8.67.